The van der Waals surface area contributed by atoms with Crippen LogP contribution in [0.1, 0.15) is 42.9 Å². The number of ether oxygens (including phenoxy) is 5. The molecule has 1 heterocycles. The number of carbonyl (C=O) groups excluding carboxylic acids is 1. The molecular formula is C31H34N2O6. The second kappa shape index (κ2) is 11.2. The molecule has 1 aliphatic heterocycles. The van der Waals surface area contributed by atoms with Crippen molar-refractivity contribution >= 4 is 17.2 Å². The molecule has 8 heteroatoms. The Morgan fingerprint density at radius 3 is 2.13 bits per heavy atom. The number of rotatable bonds is 8. The summed E-state index contributed by atoms with van der Waals surface area (Å²) in [6.45, 7) is 2.49. The van der Waals surface area contributed by atoms with Crippen LogP contribution in [0.15, 0.2) is 65.9 Å². The van der Waals surface area contributed by atoms with E-state index in [2.05, 4.69) is 10.6 Å². The molecule has 5 rings (SSSR count). The molecule has 0 radical (unpaired) electrons. The highest BCUT2D eigenvalue weighted by Crippen LogP contribution is 2.48. The number of fused-ring (bicyclic) bond motifs is 1. The Morgan fingerprint density at radius 2 is 1.44 bits per heavy atom. The lowest BCUT2D eigenvalue weighted by molar-refractivity contribution is -0.116. The molecular weight excluding hydrogens is 496 g/mol. The Morgan fingerprint density at radius 1 is 0.769 bits per heavy atom. The summed E-state index contributed by atoms with van der Waals surface area (Å²) >= 11 is 0. The molecule has 3 aromatic carbocycles. The van der Waals surface area contributed by atoms with E-state index >= 15 is 0 Å². The third-order valence-corrected chi connectivity index (χ3v) is 7.31. The lowest BCUT2D eigenvalue weighted by atomic mass is 9.78. The first-order valence-electron chi connectivity index (χ1n) is 13.0. The molecule has 39 heavy (non-hydrogen) atoms. The fraction of sp³-hybridized carbons (Fsp3) is 0.323. The van der Waals surface area contributed by atoms with Gasteiger partial charge >= 0.3 is 0 Å². The standard InChI is InChI=1S/C31H34N2O6/c1-6-39-25-12-11-18(15-27(25)36-3)19-13-23-30(24(34)14-19)31(33-22-10-8-7-9-21(22)32-23)20-16-28(37-4)29(38-5)17-26(20)35-2/h7-12,15-17,19,31-33H,6,13-14H2,1-5H3/t19-,31+/m1/s1. The molecule has 0 saturated carbocycles. The second-order valence-corrected chi connectivity index (χ2v) is 9.46. The topological polar surface area (TPSA) is 87.3 Å². The van der Waals surface area contributed by atoms with Crippen LogP contribution in [0.5, 0.6) is 28.7 Å². The van der Waals surface area contributed by atoms with E-state index in [1.165, 1.54) is 0 Å². The van der Waals surface area contributed by atoms with Gasteiger partial charge in [-0.2, -0.15) is 0 Å². The van der Waals surface area contributed by atoms with Crippen molar-refractivity contribution < 1.29 is 28.5 Å². The van der Waals surface area contributed by atoms with Gasteiger partial charge in [0.05, 0.1) is 52.5 Å². The van der Waals surface area contributed by atoms with Crippen LogP contribution in [0, 0.1) is 0 Å². The van der Waals surface area contributed by atoms with Crippen molar-refractivity contribution in [3.8, 4) is 28.7 Å². The average molecular weight is 531 g/mol. The quantitative estimate of drug-likeness (QED) is 0.361. The number of Topliss-reactive ketones (excluding diaryl/α,β-unsaturated/α-hetero) is 1. The van der Waals surface area contributed by atoms with Gasteiger partial charge in [0, 0.05) is 29.3 Å². The van der Waals surface area contributed by atoms with Crippen molar-refractivity contribution in [2.24, 2.45) is 0 Å². The highest BCUT2D eigenvalue weighted by atomic mass is 16.5. The van der Waals surface area contributed by atoms with Gasteiger partial charge < -0.3 is 34.3 Å². The number of carbonyl (C=O) groups is 1. The minimum absolute atomic E-state index is 0.0217. The van der Waals surface area contributed by atoms with Gasteiger partial charge in [-0.1, -0.05) is 18.2 Å². The van der Waals surface area contributed by atoms with Crippen LogP contribution in [0.3, 0.4) is 0 Å². The van der Waals surface area contributed by atoms with Crippen LogP contribution in [-0.2, 0) is 4.79 Å². The lowest BCUT2D eigenvalue weighted by Gasteiger charge is -2.31. The summed E-state index contributed by atoms with van der Waals surface area (Å²) in [5.74, 6) is 3.11. The van der Waals surface area contributed by atoms with Crippen molar-refractivity contribution in [1.29, 1.82) is 0 Å². The predicted octanol–water partition coefficient (Wildman–Crippen LogP) is 6.10. The van der Waals surface area contributed by atoms with E-state index in [1.54, 1.807) is 34.5 Å². The second-order valence-electron chi connectivity index (χ2n) is 9.46. The molecule has 2 atom stereocenters. The van der Waals surface area contributed by atoms with Gasteiger partial charge in [-0.3, -0.25) is 4.79 Å². The first-order chi connectivity index (χ1) is 19.0. The van der Waals surface area contributed by atoms with Gasteiger partial charge in [0.2, 0.25) is 0 Å². The van der Waals surface area contributed by atoms with Crippen LogP contribution in [0.25, 0.3) is 0 Å². The summed E-state index contributed by atoms with van der Waals surface area (Å²) in [6, 6.07) is 17.1. The summed E-state index contributed by atoms with van der Waals surface area (Å²) in [5.41, 5.74) is 5.18. The molecule has 0 unspecified atom stereocenters. The van der Waals surface area contributed by atoms with Crippen molar-refractivity contribution in [1.82, 2.24) is 0 Å². The Hall–Kier alpha value is -4.33. The van der Waals surface area contributed by atoms with Crippen molar-refractivity contribution in [3.05, 3.63) is 77.0 Å². The van der Waals surface area contributed by atoms with E-state index in [1.807, 2.05) is 55.5 Å². The molecule has 0 saturated heterocycles. The minimum atomic E-state index is -0.464. The fourth-order valence-electron chi connectivity index (χ4n) is 5.45. The highest BCUT2D eigenvalue weighted by molar-refractivity contribution is 6.01. The number of para-hydroxylation sites is 2. The molecule has 8 nitrogen and oxygen atoms in total. The molecule has 3 aromatic rings. The summed E-state index contributed by atoms with van der Waals surface area (Å²) in [5, 5.41) is 7.19. The molecule has 2 N–H and O–H groups in total. The zero-order valence-corrected chi connectivity index (χ0v) is 22.9. The fourth-order valence-corrected chi connectivity index (χ4v) is 5.45. The van der Waals surface area contributed by atoms with Crippen molar-refractivity contribution in [2.45, 2.75) is 31.7 Å². The Kier molecular flexibility index (Phi) is 7.54. The Labute approximate surface area is 228 Å². The molecule has 0 fully saturated rings. The molecule has 0 aromatic heterocycles. The number of allylic oxidation sites excluding steroid dienone is 1. The first-order valence-corrected chi connectivity index (χ1v) is 13.0. The normalized spacial score (nSPS) is 18.1. The maximum absolute atomic E-state index is 14.0. The monoisotopic (exact) mass is 530 g/mol. The van der Waals surface area contributed by atoms with Gasteiger partial charge in [0.25, 0.3) is 0 Å². The zero-order chi connectivity index (χ0) is 27.5. The predicted molar refractivity (Wildman–Crippen MR) is 151 cm³/mol. The maximum Gasteiger partial charge on any atom is 0.164 e. The zero-order valence-electron chi connectivity index (χ0n) is 22.9. The largest absolute Gasteiger partial charge is 0.496 e. The van der Waals surface area contributed by atoms with Gasteiger partial charge in [0.1, 0.15) is 5.75 Å². The van der Waals surface area contributed by atoms with Crippen LogP contribution < -0.4 is 34.3 Å². The number of hydrogen-bond donors (Lipinski definition) is 2. The van der Waals surface area contributed by atoms with E-state index in [0.717, 1.165) is 28.2 Å². The van der Waals surface area contributed by atoms with Crippen LogP contribution in [0.2, 0.25) is 0 Å². The minimum Gasteiger partial charge on any atom is -0.496 e. The number of methoxy groups -OCH3 is 4. The van der Waals surface area contributed by atoms with Crippen LogP contribution in [-0.4, -0.2) is 40.8 Å². The van der Waals surface area contributed by atoms with Crippen molar-refractivity contribution in [2.75, 3.05) is 45.7 Å². The Balaban J connectivity index is 1.62. The molecule has 0 bridgehead atoms. The molecule has 204 valence electrons. The lowest BCUT2D eigenvalue weighted by Crippen LogP contribution is -2.27. The number of nitrogens with one attached hydrogen (secondary N) is 2. The van der Waals surface area contributed by atoms with E-state index in [0.29, 0.717) is 53.8 Å². The summed E-state index contributed by atoms with van der Waals surface area (Å²) < 4.78 is 28.2. The summed E-state index contributed by atoms with van der Waals surface area (Å²) in [6.07, 6.45) is 1.02. The van der Waals surface area contributed by atoms with Crippen LogP contribution >= 0.6 is 0 Å². The number of anilines is 2. The van der Waals surface area contributed by atoms with Crippen molar-refractivity contribution in [3.63, 3.8) is 0 Å². The average Bonchev–Trinajstić information content (AvgIpc) is 3.13. The molecule has 2 aliphatic rings. The van der Waals surface area contributed by atoms with Gasteiger partial charge in [-0.05, 0) is 55.2 Å². The molecule has 1 aliphatic carbocycles. The SMILES string of the molecule is CCOc1ccc([C@H]2CC(=O)C3=C(C2)Nc2ccccc2N[C@H]3c2cc(OC)c(OC)cc2OC)cc1OC. The van der Waals surface area contributed by atoms with Gasteiger partial charge in [0.15, 0.2) is 28.8 Å². The maximum atomic E-state index is 14.0. The first kappa shape index (κ1) is 26.3. The van der Waals surface area contributed by atoms with E-state index in [-0.39, 0.29) is 11.7 Å². The van der Waals surface area contributed by atoms with Gasteiger partial charge in [-0.15, -0.1) is 0 Å². The molecule has 0 amide bonds. The van der Waals surface area contributed by atoms with Crippen LogP contribution in [0.4, 0.5) is 11.4 Å². The third kappa shape index (κ3) is 4.94. The smallest absolute Gasteiger partial charge is 0.164 e. The highest BCUT2D eigenvalue weighted by Gasteiger charge is 2.37. The third-order valence-electron chi connectivity index (χ3n) is 7.31. The number of hydrogen-bond acceptors (Lipinski definition) is 8. The molecule has 0 spiro atoms. The number of benzene rings is 3. The van der Waals surface area contributed by atoms with E-state index < -0.39 is 6.04 Å². The van der Waals surface area contributed by atoms with E-state index in [9.17, 15) is 4.79 Å². The van der Waals surface area contributed by atoms with Gasteiger partial charge in [-0.25, -0.2) is 0 Å². The summed E-state index contributed by atoms with van der Waals surface area (Å²) in [4.78, 5) is 14.0. The number of ketones is 1. The van der Waals surface area contributed by atoms with E-state index in [4.69, 9.17) is 23.7 Å². The summed E-state index contributed by atoms with van der Waals surface area (Å²) in [7, 11) is 6.42. The Bertz CT molecular complexity index is 1420.